The third-order valence-electron chi connectivity index (χ3n) is 6.27. The topological polar surface area (TPSA) is 65.9 Å². The molecule has 0 bridgehead atoms. The summed E-state index contributed by atoms with van der Waals surface area (Å²) in [5.74, 6) is 2.86. The van der Waals surface area contributed by atoms with Crippen molar-refractivity contribution in [2.24, 2.45) is 4.99 Å². The van der Waals surface area contributed by atoms with Gasteiger partial charge in [-0.25, -0.2) is 0 Å². The average molecular weight is 465 g/mol. The summed E-state index contributed by atoms with van der Waals surface area (Å²) in [4.78, 5) is 18.6. The molecule has 1 fully saturated rings. The highest BCUT2D eigenvalue weighted by molar-refractivity contribution is 6.33. The van der Waals surface area contributed by atoms with Crippen molar-refractivity contribution in [2.75, 3.05) is 49.5 Å². The number of hydrogen-bond acceptors (Lipinski definition) is 7. The highest BCUT2D eigenvalue weighted by atomic mass is 35.5. The van der Waals surface area contributed by atoms with Crippen molar-refractivity contribution in [1.29, 1.82) is 0 Å². The number of halogens is 1. The molecule has 1 aromatic heterocycles. The van der Waals surface area contributed by atoms with E-state index >= 15 is 0 Å². The maximum atomic E-state index is 6.70. The number of nitrogens with one attached hydrogen (secondary N) is 1. The number of piperazine rings is 1. The molecule has 2 aromatic rings. The third kappa shape index (κ3) is 4.75. The van der Waals surface area contributed by atoms with Gasteiger partial charge in [-0.2, -0.15) is 9.97 Å². The molecule has 0 amide bonds. The van der Waals surface area contributed by atoms with Gasteiger partial charge in [-0.15, -0.1) is 0 Å². The van der Waals surface area contributed by atoms with E-state index in [0.29, 0.717) is 23.1 Å². The number of benzene rings is 1. The molecule has 0 unspecified atom stereocenters. The molecular formula is C25H29ClN6O. The van der Waals surface area contributed by atoms with Gasteiger partial charge in [-0.1, -0.05) is 36.2 Å². The van der Waals surface area contributed by atoms with Gasteiger partial charge < -0.3 is 19.9 Å². The fourth-order valence-electron chi connectivity index (χ4n) is 4.42. The van der Waals surface area contributed by atoms with Crippen LogP contribution in [0.2, 0.25) is 5.02 Å². The molecule has 0 saturated carbocycles. The Bertz CT molecular complexity index is 1160. The zero-order valence-electron chi connectivity index (χ0n) is 19.4. The molecule has 33 heavy (non-hydrogen) atoms. The molecule has 0 radical (unpaired) electrons. The smallest absolute Gasteiger partial charge is 0.325 e. The number of rotatable bonds is 5. The lowest BCUT2D eigenvalue weighted by Crippen LogP contribution is -2.46. The number of hydrogen-bond donors (Lipinski definition) is 1. The van der Waals surface area contributed by atoms with E-state index in [-0.39, 0.29) is 6.01 Å². The van der Waals surface area contributed by atoms with Crippen molar-refractivity contribution < 1.29 is 4.74 Å². The van der Waals surface area contributed by atoms with Gasteiger partial charge in [0.15, 0.2) is 0 Å². The van der Waals surface area contributed by atoms with Gasteiger partial charge in [-0.3, -0.25) is 4.99 Å². The van der Waals surface area contributed by atoms with Crippen LogP contribution in [-0.2, 0) is 6.42 Å². The number of aromatic nitrogens is 2. The minimum absolute atomic E-state index is 0.271. The molecule has 5 rings (SSSR count). The molecule has 0 spiro atoms. The van der Waals surface area contributed by atoms with Crippen LogP contribution in [0.25, 0.3) is 6.08 Å². The third-order valence-corrected chi connectivity index (χ3v) is 6.66. The Morgan fingerprint density at radius 2 is 1.88 bits per heavy atom. The maximum Gasteiger partial charge on any atom is 0.325 e. The lowest BCUT2D eigenvalue weighted by atomic mass is 10.1. The SMILES string of the molecule is CCN1CCN(c2cc(NC3=NCC(C)=C3)nc(Oc3ccc4c(c3Cl)C=C(C)C4)n2)CC1. The Kier molecular flexibility index (Phi) is 6.08. The van der Waals surface area contributed by atoms with Gasteiger partial charge in [0, 0.05) is 37.8 Å². The molecule has 1 N–H and O–H groups in total. The van der Waals surface area contributed by atoms with Gasteiger partial charge in [0.1, 0.15) is 23.2 Å². The lowest BCUT2D eigenvalue weighted by Gasteiger charge is -2.34. The molecule has 7 nitrogen and oxygen atoms in total. The van der Waals surface area contributed by atoms with E-state index in [4.69, 9.17) is 21.3 Å². The molecule has 172 valence electrons. The molecule has 1 saturated heterocycles. The van der Waals surface area contributed by atoms with Crippen molar-refractivity contribution in [3.63, 3.8) is 0 Å². The van der Waals surface area contributed by atoms with E-state index in [1.807, 2.05) is 18.2 Å². The summed E-state index contributed by atoms with van der Waals surface area (Å²) in [7, 11) is 0. The van der Waals surface area contributed by atoms with Crippen LogP contribution in [0.4, 0.5) is 11.6 Å². The van der Waals surface area contributed by atoms with Crippen LogP contribution in [0.3, 0.4) is 0 Å². The highest BCUT2D eigenvalue weighted by Gasteiger charge is 2.21. The monoisotopic (exact) mass is 464 g/mol. The summed E-state index contributed by atoms with van der Waals surface area (Å²) in [5.41, 5.74) is 4.75. The van der Waals surface area contributed by atoms with Crippen molar-refractivity contribution in [3.8, 4) is 11.8 Å². The van der Waals surface area contributed by atoms with Crippen LogP contribution in [0, 0.1) is 0 Å². The molecular weight excluding hydrogens is 436 g/mol. The van der Waals surface area contributed by atoms with Crippen molar-refractivity contribution in [1.82, 2.24) is 14.9 Å². The van der Waals surface area contributed by atoms with E-state index in [9.17, 15) is 0 Å². The zero-order chi connectivity index (χ0) is 22.9. The van der Waals surface area contributed by atoms with Crippen LogP contribution < -0.4 is 15.0 Å². The standard InChI is InChI=1S/C25H29ClN6O/c1-4-31-7-9-32(10-8-31)23-14-22(28-21-13-17(3)15-27-21)29-25(30-23)33-20-6-5-18-11-16(2)12-19(18)24(20)26/h5-6,12-14H,4,7-11,15H2,1-3H3,(H,27,28,29,30). The summed E-state index contributed by atoms with van der Waals surface area (Å²) in [6.07, 6.45) is 5.08. The molecule has 1 aromatic carbocycles. The second kappa shape index (κ2) is 9.15. The molecule has 3 aliphatic rings. The molecule has 1 aliphatic carbocycles. The lowest BCUT2D eigenvalue weighted by molar-refractivity contribution is 0.270. The number of likely N-dealkylation sites (N-methyl/N-ethyl adjacent to an activating group) is 1. The fourth-order valence-corrected chi connectivity index (χ4v) is 4.69. The van der Waals surface area contributed by atoms with Crippen LogP contribution in [0.1, 0.15) is 31.9 Å². The summed E-state index contributed by atoms with van der Waals surface area (Å²) < 4.78 is 6.15. The quantitative estimate of drug-likeness (QED) is 0.686. The molecule has 2 aliphatic heterocycles. The largest absolute Gasteiger partial charge is 0.423 e. The van der Waals surface area contributed by atoms with Gasteiger partial charge in [0.25, 0.3) is 0 Å². The fraction of sp³-hybridized carbons (Fsp3) is 0.400. The Morgan fingerprint density at radius 3 is 2.61 bits per heavy atom. The van der Waals surface area contributed by atoms with Crippen LogP contribution >= 0.6 is 11.6 Å². The minimum atomic E-state index is 0.271. The number of anilines is 2. The maximum absolute atomic E-state index is 6.70. The van der Waals surface area contributed by atoms with Gasteiger partial charge in [-0.05, 0) is 50.1 Å². The normalized spacial score (nSPS) is 18.1. The zero-order valence-corrected chi connectivity index (χ0v) is 20.1. The Morgan fingerprint density at radius 1 is 1.06 bits per heavy atom. The summed E-state index contributed by atoms with van der Waals surface area (Å²) in [6, 6.07) is 6.21. The average Bonchev–Trinajstić information content (AvgIpc) is 3.40. The Labute approximate surface area is 199 Å². The minimum Gasteiger partial charge on any atom is -0.423 e. The van der Waals surface area contributed by atoms with Crippen LogP contribution in [0.5, 0.6) is 11.8 Å². The first-order valence-electron chi connectivity index (χ1n) is 11.5. The van der Waals surface area contributed by atoms with E-state index in [0.717, 1.165) is 56.4 Å². The number of ether oxygens (including phenoxy) is 1. The van der Waals surface area contributed by atoms with Gasteiger partial charge in [0.05, 0.1) is 11.6 Å². The predicted octanol–water partition coefficient (Wildman–Crippen LogP) is 4.79. The number of fused-ring (bicyclic) bond motifs is 1. The number of nitrogens with zero attached hydrogens (tertiary/aromatic N) is 5. The van der Waals surface area contributed by atoms with E-state index < -0.39 is 0 Å². The second-order valence-corrected chi connectivity index (χ2v) is 9.23. The first kappa shape index (κ1) is 21.9. The van der Waals surface area contributed by atoms with Crippen molar-refractivity contribution >= 4 is 35.1 Å². The van der Waals surface area contributed by atoms with Gasteiger partial charge in [0.2, 0.25) is 0 Å². The summed E-state index contributed by atoms with van der Waals surface area (Å²) >= 11 is 6.70. The number of amidine groups is 1. The number of allylic oxidation sites excluding steroid dienone is 1. The van der Waals surface area contributed by atoms with E-state index in [1.54, 1.807) is 0 Å². The van der Waals surface area contributed by atoms with Gasteiger partial charge >= 0.3 is 6.01 Å². The predicted molar refractivity (Wildman–Crippen MR) is 135 cm³/mol. The van der Waals surface area contributed by atoms with Crippen LogP contribution in [0.15, 0.2) is 40.4 Å². The first-order chi connectivity index (χ1) is 16.0. The van der Waals surface area contributed by atoms with E-state index in [1.165, 1.54) is 16.7 Å². The van der Waals surface area contributed by atoms with Crippen LogP contribution in [-0.4, -0.2) is 60.0 Å². The molecule has 3 heterocycles. The second-order valence-electron chi connectivity index (χ2n) is 8.85. The Balaban J connectivity index is 1.45. The first-order valence-corrected chi connectivity index (χ1v) is 11.9. The van der Waals surface area contributed by atoms with E-state index in [2.05, 4.69) is 58.0 Å². The molecule has 8 heteroatoms. The summed E-state index contributed by atoms with van der Waals surface area (Å²) in [6.45, 7) is 12.0. The highest BCUT2D eigenvalue weighted by Crippen LogP contribution is 2.38. The summed E-state index contributed by atoms with van der Waals surface area (Å²) in [5, 5.41) is 3.92. The number of aliphatic imine (C=N–C) groups is 1. The van der Waals surface area contributed by atoms with Crippen molar-refractivity contribution in [2.45, 2.75) is 27.2 Å². The van der Waals surface area contributed by atoms with Crippen molar-refractivity contribution in [3.05, 3.63) is 51.6 Å². The Hall–Kier alpha value is -2.90. The molecule has 0 atom stereocenters.